The van der Waals surface area contributed by atoms with E-state index in [0.29, 0.717) is 25.4 Å². The van der Waals surface area contributed by atoms with Crippen LogP contribution in [-0.4, -0.2) is 40.2 Å². The number of nitrogens with one attached hydrogen (secondary N) is 1. The number of rotatable bonds is 6. The van der Waals surface area contributed by atoms with Crippen molar-refractivity contribution in [1.82, 2.24) is 15.1 Å². The van der Waals surface area contributed by atoms with Gasteiger partial charge in [0, 0.05) is 18.8 Å². The van der Waals surface area contributed by atoms with Crippen molar-refractivity contribution in [3.05, 3.63) is 52.8 Å². The van der Waals surface area contributed by atoms with E-state index in [4.69, 9.17) is 4.74 Å². The van der Waals surface area contributed by atoms with Gasteiger partial charge in [-0.2, -0.15) is 5.10 Å². The fourth-order valence-corrected chi connectivity index (χ4v) is 2.72. The van der Waals surface area contributed by atoms with Crippen LogP contribution in [0.5, 0.6) is 0 Å². The Morgan fingerprint density at radius 3 is 2.91 bits per heavy atom. The van der Waals surface area contributed by atoms with Gasteiger partial charge >= 0.3 is 0 Å². The molecule has 0 radical (unpaired) electrons. The minimum absolute atomic E-state index is 0.0145. The summed E-state index contributed by atoms with van der Waals surface area (Å²) >= 11 is 0. The van der Waals surface area contributed by atoms with Crippen LogP contribution in [0.3, 0.4) is 0 Å². The van der Waals surface area contributed by atoms with Crippen molar-refractivity contribution in [2.24, 2.45) is 0 Å². The molecule has 1 aromatic carbocycles. The number of carbonyl (C=O) groups excluding carboxylic acids is 1. The highest BCUT2D eigenvalue weighted by Gasteiger charge is 2.33. The number of nitrogens with zero attached hydrogens (tertiary/aromatic N) is 2. The number of ether oxygens (including phenoxy) is 1. The lowest BCUT2D eigenvalue weighted by atomic mass is 10.1. The van der Waals surface area contributed by atoms with Crippen LogP contribution in [0.25, 0.3) is 0 Å². The van der Waals surface area contributed by atoms with Crippen molar-refractivity contribution in [3.8, 4) is 0 Å². The Labute approximate surface area is 136 Å². The second kappa shape index (κ2) is 6.96. The number of hydrogen-bond acceptors (Lipinski definition) is 3. The van der Waals surface area contributed by atoms with Gasteiger partial charge in [-0.25, -0.2) is 0 Å². The summed E-state index contributed by atoms with van der Waals surface area (Å²) in [6, 6.07) is 10.1. The van der Waals surface area contributed by atoms with E-state index in [1.54, 1.807) is 4.90 Å². The number of benzene rings is 1. The lowest BCUT2D eigenvalue weighted by Gasteiger charge is -2.38. The van der Waals surface area contributed by atoms with Crippen LogP contribution in [0.4, 0.5) is 0 Å². The smallest absolute Gasteiger partial charge is 0.274 e. The molecule has 0 spiro atoms. The zero-order chi connectivity index (χ0) is 16.2. The van der Waals surface area contributed by atoms with Crippen LogP contribution < -0.4 is 0 Å². The van der Waals surface area contributed by atoms with E-state index in [1.165, 1.54) is 11.1 Å². The summed E-state index contributed by atoms with van der Waals surface area (Å²) in [7, 11) is 0. The highest BCUT2D eigenvalue weighted by atomic mass is 16.5. The molecule has 0 atom stereocenters. The second-order valence-corrected chi connectivity index (χ2v) is 6.10. The highest BCUT2D eigenvalue weighted by Crippen LogP contribution is 2.18. The standard InChI is InChI=1S/C18H23N3O2/c1-3-6-15-9-17(20-19-15)18(22)21-10-16(11-21)23-12-14-8-5-4-7-13(14)2/h4-5,7-9,16H,3,6,10-12H2,1-2H3,(H,19,20). The first-order valence-electron chi connectivity index (χ1n) is 8.17. The maximum absolute atomic E-state index is 12.3. The minimum atomic E-state index is -0.0145. The van der Waals surface area contributed by atoms with Crippen molar-refractivity contribution in [2.45, 2.75) is 39.4 Å². The molecule has 1 saturated heterocycles. The fourth-order valence-electron chi connectivity index (χ4n) is 2.72. The topological polar surface area (TPSA) is 58.2 Å². The van der Waals surface area contributed by atoms with E-state index in [9.17, 15) is 4.79 Å². The van der Waals surface area contributed by atoms with Gasteiger partial charge in [0.25, 0.3) is 5.91 Å². The number of likely N-dealkylation sites (tertiary alicyclic amines) is 1. The van der Waals surface area contributed by atoms with E-state index in [1.807, 2.05) is 18.2 Å². The Balaban J connectivity index is 1.47. The highest BCUT2D eigenvalue weighted by molar-refractivity contribution is 5.93. The van der Waals surface area contributed by atoms with Gasteiger partial charge in [0.1, 0.15) is 5.69 Å². The van der Waals surface area contributed by atoms with Gasteiger partial charge in [0.2, 0.25) is 0 Å². The monoisotopic (exact) mass is 313 g/mol. The Kier molecular flexibility index (Phi) is 4.76. The van der Waals surface area contributed by atoms with Gasteiger partial charge in [-0.3, -0.25) is 9.89 Å². The summed E-state index contributed by atoms with van der Waals surface area (Å²) in [5.74, 6) is -0.0145. The molecule has 2 aromatic rings. The van der Waals surface area contributed by atoms with Gasteiger partial charge in [-0.15, -0.1) is 0 Å². The Morgan fingerprint density at radius 1 is 1.39 bits per heavy atom. The van der Waals surface area contributed by atoms with Crippen LogP contribution in [-0.2, 0) is 17.8 Å². The molecule has 5 heteroatoms. The summed E-state index contributed by atoms with van der Waals surface area (Å²) in [6.45, 7) is 6.07. The molecule has 23 heavy (non-hydrogen) atoms. The van der Waals surface area contributed by atoms with Crippen molar-refractivity contribution < 1.29 is 9.53 Å². The lowest BCUT2D eigenvalue weighted by Crippen LogP contribution is -2.54. The van der Waals surface area contributed by atoms with E-state index in [2.05, 4.69) is 36.2 Å². The van der Waals surface area contributed by atoms with Crippen LogP contribution in [0, 0.1) is 6.92 Å². The molecule has 1 aromatic heterocycles. The molecule has 1 aliphatic heterocycles. The van der Waals surface area contributed by atoms with Gasteiger partial charge < -0.3 is 9.64 Å². The van der Waals surface area contributed by atoms with E-state index in [0.717, 1.165) is 18.5 Å². The largest absolute Gasteiger partial charge is 0.370 e. The quantitative estimate of drug-likeness (QED) is 0.892. The van der Waals surface area contributed by atoms with E-state index in [-0.39, 0.29) is 12.0 Å². The number of aromatic nitrogens is 2. The molecule has 5 nitrogen and oxygen atoms in total. The van der Waals surface area contributed by atoms with Crippen LogP contribution >= 0.6 is 0 Å². The van der Waals surface area contributed by atoms with Gasteiger partial charge in [0.15, 0.2) is 0 Å². The number of H-pyrrole nitrogens is 1. The molecule has 1 aliphatic rings. The first-order chi connectivity index (χ1) is 11.2. The maximum Gasteiger partial charge on any atom is 0.274 e. The minimum Gasteiger partial charge on any atom is -0.370 e. The molecule has 0 unspecified atom stereocenters. The maximum atomic E-state index is 12.3. The summed E-state index contributed by atoms with van der Waals surface area (Å²) in [5.41, 5.74) is 3.96. The molecule has 1 fully saturated rings. The number of hydrogen-bond donors (Lipinski definition) is 1. The molecular formula is C18H23N3O2. The van der Waals surface area contributed by atoms with Crippen molar-refractivity contribution in [1.29, 1.82) is 0 Å². The Hall–Kier alpha value is -2.14. The normalized spacial score (nSPS) is 14.8. The zero-order valence-electron chi connectivity index (χ0n) is 13.7. The molecule has 122 valence electrons. The third-order valence-electron chi connectivity index (χ3n) is 4.24. The third kappa shape index (κ3) is 3.62. The van der Waals surface area contributed by atoms with Gasteiger partial charge in [-0.05, 0) is 30.5 Å². The molecule has 0 bridgehead atoms. The van der Waals surface area contributed by atoms with E-state index < -0.39 is 0 Å². The Bertz CT molecular complexity index is 674. The van der Waals surface area contributed by atoms with Crippen molar-refractivity contribution in [3.63, 3.8) is 0 Å². The number of amides is 1. The second-order valence-electron chi connectivity index (χ2n) is 6.10. The first-order valence-corrected chi connectivity index (χ1v) is 8.17. The molecule has 1 amide bonds. The van der Waals surface area contributed by atoms with E-state index >= 15 is 0 Å². The van der Waals surface area contributed by atoms with Crippen LogP contribution in [0.2, 0.25) is 0 Å². The zero-order valence-corrected chi connectivity index (χ0v) is 13.7. The summed E-state index contributed by atoms with van der Waals surface area (Å²) < 4.78 is 5.88. The predicted molar refractivity (Wildman–Crippen MR) is 88.2 cm³/mol. The van der Waals surface area contributed by atoms with Crippen LogP contribution in [0.1, 0.15) is 40.7 Å². The molecular weight excluding hydrogens is 290 g/mol. The van der Waals surface area contributed by atoms with Crippen molar-refractivity contribution >= 4 is 5.91 Å². The third-order valence-corrected chi connectivity index (χ3v) is 4.24. The first kappa shape index (κ1) is 15.7. The molecule has 1 N–H and O–H groups in total. The molecule has 0 aliphatic carbocycles. The Morgan fingerprint density at radius 2 is 2.17 bits per heavy atom. The van der Waals surface area contributed by atoms with Gasteiger partial charge in [0.05, 0.1) is 12.7 Å². The number of carbonyl (C=O) groups is 1. The predicted octanol–water partition coefficient (Wildman–Crippen LogP) is 2.71. The summed E-state index contributed by atoms with van der Waals surface area (Å²) in [5, 5.41) is 7.04. The SMILES string of the molecule is CCCc1cc(C(=O)N2CC(OCc3ccccc3C)C2)n[nH]1. The van der Waals surface area contributed by atoms with Gasteiger partial charge in [-0.1, -0.05) is 37.6 Å². The summed E-state index contributed by atoms with van der Waals surface area (Å²) in [6.07, 6.45) is 2.07. The number of aryl methyl sites for hydroxylation is 2. The average molecular weight is 313 g/mol. The molecule has 3 rings (SSSR count). The molecule has 2 heterocycles. The average Bonchev–Trinajstić information content (AvgIpc) is 2.96. The number of aromatic amines is 1. The lowest BCUT2D eigenvalue weighted by molar-refractivity contribution is -0.0506. The van der Waals surface area contributed by atoms with Crippen LogP contribution in [0.15, 0.2) is 30.3 Å². The summed E-state index contributed by atoms with van der Waals surface area (Å²) in [4.78, 5) is 14.1. The van der Waals surface area contributed by atoms with Crippen molar-refractivity contribution in [2.75, 3.05) is 13.1 Å². The fraction of sp³-hybridized carbons (Fsp3) is 0.444. The molecule has 0 saturated carbocycles.